The van der Waals surface area contributed by atoms with E-state index in [2.05, 4.69) is 45.7 Å². The Kier molecular flexibility index (Phi) is 23.4. The molecule has 2 aromatic carbocycles. The molecule has 0 bridgehead atoms. The zero-order chi connectivity index (χ0) is 52.4. The first-order valence-corrected chi connectivity index (χ1v) is 27.1. The lowest BCUT2D eigenvalue weighted by molar-refractivity contribution is -0.128. The van der Waals surface area contributed by atoms with Gasteiger partial charge in [-0.05, 0) is 90.2 Å². The molecule has 2 heterocycles. The first-order chi connectivity index (χ1) is 32.6. The van der Waals surface area contributed by atoms with Gasteiger partial charge in [0.15, 0.2) is 9.84 Å². The molecule has 2 aliphatic heterocycles. The number of thioether (sulfide) groups is 1. The predicted octanol–water partition coefficient (Wildman–Crippen LogP) is 3.01. The van der Waals surface area contributed by atoms with Crippen LogP contribution in [-0.2, 0) is 41.9 Å². The van der Waals surface area contributed by atoms with E-state index in [1.54, 1.807) is 4.90 Å². The molecule has 392 valence electrons. The number of carbonyl (C=O) groups is 6. The summed E-state index contributed by atoms with van der Waals surface area (Å²) in [6.45, 7) is 20.6. The summed E-state index contributed by atoms with van der Waals surface area (Å²) in [5.41, 5.74) is 0.921. The summed E-state index contributed by atoms with van der Waals surface area (Å²) in [6.07, 6.45) is 0.0367. The quantitative estimate of drug-likeness (QED) is 0.0957. The molecule has 0 saturated carbocycles. The van der Waals surface area contributed by atoms with Crippen LogP contribution < -0.4 is 31.9 Å². The zero-order valence-electron chi connectivity index (χ0n) is 42.7. The van der Waals surface area contributed by atoms with Crippen LogP contribution in [0.3, 0.4) is 0 Å². The molecule has 8 amide bonds. The standard InChI is InChI=1S/C25H40N4O6S.C25H40N4O4S/c1-17(2)11-12-29(24(33)28-25(3,4)5)14-21(30)19(13-18-9-7-6-8-10-18)27-23(32)20-15-36(34,35)16-22(31)26-20;1-17(2)11-12-29(24(33)28-25(3,4)5)14-21(30)19(13-18-9-7-6-8-10-18)27-23(32)20-15-34-16-22(31)26-20/h6-10,17,19-21,30H,11-16H2,1-5H3,(H,26,31)(H,27,32)(H,28,33);6-10,17,19-21,30H,11-16H2,1-5H3,(H,26,31)(H,27,32)(H,28,33)/t2*19-,20+,21+/m00/s1. The number of urea groups is 2. The monoisotopic (exact) mass is 1020 g/mol. The van der Waals surface area contributed by atoms with Crippen LogP contribution in [0.15, 0.2) is 60.7 Å². The number of nitrogens with one attached hydrogen (secondary N) is 6. The van der Waals surface area contributed by atoms with Gasteiger partial charge in [0.1, 0.15) is 17.8 Å². The fraction of sp³-hybridized carbons (Fsp3) is 0.640. The first kappa shape index (κ1) is 59.4. The maximum Gasteiger partial charge on any atom is 0.317 e. The lowest BCUT2D eigenvalue weighted by Crippen LogP contribution is -2.60. The minimum Gasteiger partial charge on any atom is -0.389 e. The van der Waals surface area contributed by atoms with Crippen molar-refractivity contribution in [3.63, 3.8) is 0 Å². The number of hydrogen-bond donors (Lipinski definition) is 8. The molecular formula is C50H80N8O10S2. The fourth-order valence-corrected chi connectivity index (χ4v) is 9.57. The van der Waals surface area contributed by atoms with E-state index in [0.717, 1.165) is 24.0 Å². The van der Waals surface area contributed by atoms with Crippen LogP contribution in [0.5, 0.6) is 0 Å². The first-order valence-electron chi connectivity index (χ1n) is 24.2. The summed E-state index contributed by atoms with van der Waals surface area (Å²) < 4.78 is 24.0. The average Bonchev–Trinajstić information content (AvgIpc) is 3.24. The van der Waals surface area contributed by atoms with Crippen LogP contribution in [-0.4, -0.2) is 161 Å². The number of rotatable bonds is 20. The van der Waals surface area contributed by atoms with Crippen LogP contribution in [0.1, 0.15) is 93.2 Å². The molecule has 0 aromatic heterocycles. The Hall–Kier alpha value is -4.92. The van der Waals surface area contributed by atoms with Crippen molar-refractivity contribution in [1.29, 1.82) is 0 Å². The number of carbonyl (C=O) groups excluding carboxylic acids is 6. The molecule has 70 heavy (non-hydrogen) atoms. The van der Waals surface area contributed by atoms with E-state index in [4.69, 9.17) is 0 Å². The minimum atomic E-state index is -3.70. The highest BCUT2D eigenvalue weighted by Gasteiger charge is 2.37. The summed E-state index contributed by atoms with van der Waals surface area (Å²) in [4.78, 5) is 78.5. The van der Waals surface area contributed by atoms with Gasteiger partial charge in [0, 0.05) is 29.9 Å². The third-order valence-corrected chi connectivity index (χ3v) is 13.7. The largest absolute Gasteiger partial charge is 0.389 e. The van der Waals surface area contributed by atoms with Gasteiger partial charge in [0.05, 0.1) is 48.9 Å². The van der Waals surface area contributed by atoms with Crippen LogP contribution in [0.2, 0.25) is 0 Å². The van der Waals surface area contributed by atoms with E-state index in [1.165, 1.54) is 16.7 Å². The molecule has 2 aromatic rings. The van der Waals surface area contributed by atoms with Crippen LogP contribution in [0, 0.1) is 11.8 Å². The lowest BCUT2D eigenvalue weighted by Gasteiger charge is -2.33. The van der Waals surface area contributed by atoms with Gasteiger partial charge in [-0.15, -0.1) is 11.8 Å². The zero-order valence-corrected chi connectivity index (χ0v) is 44.4. The topological polar surface area (TPSA) is 256 Å². The Morgan fingerprint density at radius 1 is 0.671 bits per heavy atom. The van der Waals surface area contributed by atoms with Gasteiger partial charge in [-0.25, -0.2) is 18.0 Å². The van der Waals surface area contributed by atoms with Crippen molar-refractivity contribution in [1.82, 2.24) is 41.7 Å². The number of hydrogen-bond acceptors (Lipinski definition) is 11. The predicted molar refractivity (Wildman–Crippen MR) is 275 cm³/mol. The van der Waals surface area contributed by atoms with Gasteiger partial charge in [-0.3, -0.25) is 19.2 Å². The van der Waals surface area contributed by atoms with Gasteiger partial charge in [-0.1, -0.05) is 88.4 Å². The molecule has 20 heteroatoms. The maximum atomic E-state index is 13.0. The molecule has 0 aliphatic carbocycles. The highest BCUT2D eigenvalue weighted by Crippen LogP contribution is 2.16. The molecular weight excluding hydrogens is 937 g/mol. The van der Waals surface area contributed by atoms with E-state index in [0.29, 0.717) is 42.9 Å². The summed E-state index contributed by atoms with van der Waals surface area (Å²) >= 11 is 1.41. The molecule has 18 nitrogen and oxygen atoms in total. The van der Waals surface area contributed by atoms with Crippen molar-refractivity contribution in [2.24, 2.45) is 11.8 Å². The second-order valence-corrected chi connectivity index (χ2v) is 24.3. The summed E-state index contributed by atoms with van der Waals surface area (Å²) in [6, 6.07) is 14.9. The Bertz CT molecular complexity index is 2120. The molecule has 4 rings (SSSR count). The Morgan fingerprint density at radius 2 is 1.07 bits per heavy atom. The van der Waals surface area contributed by atoms with E-state index in [9.17, 15) is 47.4 Å². The lowest BCUT2D eigenvalue weighted by atomic mass is 10.00. The molecule has 0 radical (unpaired) electrons. The van der Waals surface area contributed by atoms with Crippen molar-refractivity contribution >= 4 is 57.3 Å². The van der Waals surface area contributed by atoms with Gasteiger partial charge in [0.2, 0.25) is 23.6 Å². The van der Waals surface area contributed by atoms with Gasteiger partial charge >= 0.3 is 12.1 Å². The number of benzene rings is 2. The highest BCUT2D eigenvalue weighted by atomic mass is 32.2. The third-order valence-electron chi connectivity index (χ3n) is 11.1. The molecule has 2 fully saturated rings. The fourth-order valence-electron chi connectivity index (χ4n) is 7.37. The number of aliphatic hydroxyl groups is 2. The van der Waals surface area contributed by atoms with E-state index >= 15 is 0 Å². The van der Waals surface area contributed by atoms with Crippen LogP contribution in [0.4, 0.5) is 9.59 Å². The summed E-state index contributed by atoms with van der Waals surface area (Å²) in [7, 11) is -3.70. The second kappa shape index (κ2) is 27.6. The number of sulfone groups is 1. The van der Waals surface area contributed by atoms with Gasteiger partial charge in [0.25, 0.3) is 0 Å². The number of aliphatic hydroxyl groups excluding tert-OH is 2. The normalized spacial score (nSPS) is 18.7. The molecule has 2 saturated heterocycles. The van der Waals surface area contributed by atoms with Crippen molar-refractivity contribution < 1.29 is 47.4 Å². The smallest absolute Gasteiger partial charge is 0.317 e. The van der Waals surface area contributed by atoms with E-state index < -0.39 is 80.6 Å². The van der Waals surface area contributed by atoms with Gasteiger partial charge < -0.3 is 51.9 Å². The Morgan fingerprint density at radius 3 is 1.44 bits per heavy atom. The Balaban J connectivity index is 0.000000371. The number of nitrogens with zero attached hydrogens (tertiary/aromatic N) is 2. The molecule has 8 N–H and O–H groups in total. The minimum absolute atomic E-state index is 0.0399. The van der Waals surface area contributed by atoms with Crippen molar-refractivity contribution in [2.45, 2.75) is 142 Å². The summed E-state index contributed by atoms with van der Waals surface area (Å²) in [5, 5.41) is 39.1. The molecule has 2 aliphatic rings. The molecule has 0 unspecified atom stereocenters. The Labute approximate surface area is 419 Å². The second-order valence-electron chi connectivity index (χ2n) is 21.2. The van der Waals surface area contributed by atoms with E-state index in [1.807, 2.05) is 116 Å². The number of amides is 8. The maximum absolute atomic E-state index is 13.0. The van der Waals surface area contributed by atoms with Crippen molar-refractivity contribution in [3.05, 3.63) is 71.8 Å². The summed E-state index contributed by atoms with van der Waals surface area (Å²) in [5.74, 6) is -1.52. The van der Waals surface area contributed by atoms with Crippen LogP contribution in [0.25, 0.3) is 0 Å². The van der Waals surface area contributed by atoms with Crippen molar-refractivity contribution in [3.8, 4) is 0 Å². The SMILES string of the molecule is CC(C)CCN(C[C@@H](O)[C@H](Cc1ccccc1)NC(=O)[C@H]1CS(=O)(=O)CC(=O)N1)C(=O)NC(C)(C)C.CC(C)CCN(C[C@@H](O)[C@H](Cc1ccccc1)NC(=O)[C@H]1CSCC(=O)N1)C(=O)NC(C)(C)C. The van der Waals surface area contributed by atoms with Crippen LogP contribution >= 0.6 is 11.8 Å². The van der Waals surface area contributed by atoms with E-state index in [-0.39, 0.29) is 43.4 Å². The molecule has 0 spiro atoms. The van der Waals surface area contributed by atoms with Crippen molar-refractivity contribution in [2.75, 3.05) is 49.2 Å². The molecule has 6 atom stereocenters. The van der Waals surface area contributed by atoms with Gasteiger partial charge in [-0.2, -0.15) is 0 Å². The highest BCUT2D eigenvalue weighted by molar-refractivity contribution is 8.00. The third kappa shape index (κ3) is 22.9. The average molecular weight is 1020 g/mol.